The van der Waals surface area contributed by atoms with E-state index in [1.165, 1.54) is 0 Å². The number of ether oxygens (including phenoxy) is 1. The first-order valence-electron chi connectivity index (χ1n) is 6.26. The van der Waals surface area contributed by atoms with Gasteiger partial charge in [0, 0.05) is 5.54 Å². The standard InChI is InChI=1S/C12H21F3N2O2/c1-10(2,3)19-9(18)17-8(12(13,14)15)4-5-11(16)6-7-11/h8H,4-7,16H2,1-3H3,(H,17,18). The molecule has 112 valence electrons. The number of alkyl halides is 3. The highest BCUT2D eigenvalue weighted by Crippen LogP contribution is 2.38. The molecule has 19 heavy (non-hydrogen) atoms. The van der Waals surface area contributed by atoms with Gasteiger partial charge in [-0.25, -0.2) is 4.79 Å². The van der Waals surface area contributed by atoms with Crippen molar-refractivity contribution in [3.05, 3.63) is 0 Å². The summed E-state index contributed by atoms with van der Waals surface area (Å²) in [6.45, 7) is 4.77. The molecule has 0 radical (unpaired) electrons. The Morgan fingerprint density at radius 3 is 2.26 bits per heavy atom. The fourth-order valence-corrected chi connectivity index (χ4v) is 1.61. The van der Waals surface area contributed by atoms with Gasteiger partial charge in [0.1, 0.15) is 11.6 Å². The van der Waals surface area contributed by atoms with E-state index in [0.29, 0.717) is 0 Å². The molecule has 0 bridgehead atoms. The fraction of sp³-hybridized carbons (Fsp3) is 0.917. The van der Waals surface area contributed by atoms with Crippen molar-refractivity contribution in [2.45, 2.75) is 69.8 Å². The van der Waals surface area contributed by atoms with E-state index >= 15 is 0 Å². The summed E-state index contributed by atoms with van der Waals surface area (Å²) in [5.74, 6) is 0. The van der Waals surface area contributed by atoms with Gasteiger partial charge in [-0.2, -0.15) is 13.2 Å². The van der Waals surface area contributed by atoms with Crippen LogP contribution in [0.5, 0.6) is 0 Å². The molecular formula is C12H21F3N2O2. The molecule has 0 spiro atoms. The number of hydrogen-bond donors (Lipinski definition) is 2. The number of rotatable bonds is 4. The molecule has 0 aliphatic heterocycles. The van der Waals surface area contributed by atoms with E-state index in [4.69, 9.17) is 10.5 Å². The number of carbonyl (C=O) groups excluding carboxylic acids is 1. The van der Waals surface area contributed by atoms with Crippen molar-refractivity contribution in [1.29, 1.82) is 0 Å². The molecule has 4 nitrogen and oxygen atoms in total. The van der Waals surface area contributed by atoms with Crippen LogP contribution in [0.25, 0.3) is 0 Å². The molecule has 1 fully saturated rings. The van der Waals surface area contributed by atoms with Crippen molar-refractivity contribution in [3.63, 3.8) is 0 Å². The molecule has 1 aliphatic rings. The number of halogens is 3. The highest BCUT2D eigenvalue weighted by atomic mass is 19.4. The molecule has 1 rings (SSSR count). The maximum Gasteiger partial charge on any atom is 0.408 e. The highest BCUT2D eigenvalue weighted by molar-refractivity contribution is 5.68. The second-order valence-electron chi connectivity index (χ2n) is 6.14. The molecule has 1 aliphatic carbocycles. The third-order valence-electron chi connectivity index (χ3n) is 2.91. The number of nitrogens with two attached hydrogens (primary N) is 1. The topological polar surface area (TPSA) is 64.3 Å². The minimum Gasteiger partial charge on any atom is -0.444 e. The Hall–Kier alpha value is -0.980. The zero-order valence-corrected chi connectivity index (χ0v) is 11.4. The molecule has 1 unspecified atom stereocenters. The molecular weight excluding hydrogens is 261 g/mol. The van der Waals surface area contributed by atoms with Crippen molar-refractivity contribution in [1.82, 2.24) is 5.32 Å². The SMILES string of the molecule is CC(C)(C)OC(=O)NC(CCC1(N)CC1)C(F)(F)F. The Kier molecular flexibility index (Phi) is 4.39. The molecule has 3 N–H and O–H groups in total. The first kappa shape index (κ1) is 16.1. The summed E-state index contributed by atoms with van der Waals surface area (Å²) < 4.78 is 43.2. The first-order chi connectivity index (χ1) is 8.41. The van der Waals surface area contributed by atoms with E-state index in [2.05, 4.69) is 0 Å². The zero-order chi connectivity index (χ0) is 14.9. The lowest BCUT2D eigenvalue weighted by atomic mass is 10.1. The lowest BCUT2D eigenvalue weighted by Gasteiger charge is -2.25. The third kappa shape index (κ3) is 6.13. The van der Waals surface area contributed by atoms with Gasteiger partial charge in [0.2, 0.25) is 0 Å². The van der Waals surface area contributed by atoms with Crippen LogP contribution < -0.4 is 11.1 Å². The fourth-order valence-electron chi connectivity index (χ4n) is 1.61. The van der Waals surface area contributed by atoms with Crippen LogP contribution in [0.2, 0.25) is 0 Å². The van der Waals surface area contributed by atoms with E-state index in [-0.39, 0.29) is 12.8 Å². The third-order valence-corrected chi connectivity index (χ3v) is 2.91. The molecule has 0 heterocycles. The molecule has 0 aromatic rings. The van der Waals surface area contributed by atoms with Crippen molar-refractivity contribution in [2.24, 2.45) is 5.73 Å². The summed E-state index contributed by atoms with van der Waals surface area (Å²) in [5, 5.41) is 1.87. The maximum absolute atomic E-state index is 12.8. The molecule has 0 saturated heterocycles. The van der Waals surface area contributed by atoms with Gasteiger partial charge in [0.25, 0.3) is 0 Å². The van der Waals surface area contributed by atoms with Gasteiger partial charge < -0.3 is 15.8 Å². The first-order valence-corrected chi connectivity index (χ1v) is 6.26. The maximum atomic E-state index is 12.8. The molecule has 0 aromatic carbocycles. The number of alkyl carbamates (subject to hydrolysis) is 1. The van der Waals surface area contributed by atoms with Crippen LogP contribution >= 0.6 is 0 Å². The number of hydrogen-bond acceptors (Lipinski definition) is 3. The van der Waals surface area contributed by atoms with Crippen molar-refractivity contribution >= 4 is 6.09 Å². The molecule has 1 atom stereocenters. The summed E-state index contributed by atoms with van der Waals surface area (Å²) in [5.41, 5.74) is 4.46. The Morgan fingerprint density at radius 2 is 1.89 bits per heavy atom. The van der Waals surface area contributed by atoms with Crippen molar-refractivity contribution in [3.8, 4) is 0 Å². The van der Waals surface area contributed by atoms with Crippen molar-refractivity contribution in [2.75, 3.05) is 0 Å². The Balaban J connectivity index is 2.52. The van der Waals surface area contributed by atoms with Gasteiger partial charge >= 0.3 is 12.3 Å². The van der Waals surface area contributed by atoms with Crippen LogP contribution in [0.4, 0.5) is 18.0 Å². The van der Waals surface area contributed by atoms with Crippen LogP contribution in [0.3, 0.4) is 0 Å². The normalized spacial score (nSPS) is 19.7. The van der Waals surface area contributed by atoms with Gasteiger partial charge in [-0.1, -0.05) is 0 Å². The van der Waals surface area contributed by atoms with Gasteiger partial charge in [-0.3, -0.25) is 0 Å². The molecule has 0 aromatic heterocycles. The minimum absolute atomic E-state index is 0.223. The number of amides is 1. The molecule has 1 saturated carbocycles. The van der Waals surface area contributed by atoms with Crippen LogP contribution in [0.1, 0.15) is 46.5 Å². The predicted molar refractivity (Wildman–Crippen MR) is 64.6 cm³/mol. The summed E-state index contributed by atoms with van der Waals surface area (Å²) in [4.78, 5) is 11.4. The van der Waals surface area contributed by atoms with Crippen LogP contribution in [-0.4, -0.2) is 29.5 Å². The van der Waals surface area contributed by atoms with Gasteiger partial charge in [0.15, 0.2) is 0 Å². The van der Waals surface area contributed by atoms with Crippen LogP contribution in [0, 0.1) is 0 Å². The second-order valence-corrected chi connectivity index (χ2v) is 6.14. The van der Waals surface area contributed by atoms with Gasteiger partial charge in [-0.05, 0) is 46.5 Å². The molecule has 7 heteroatoms. The van der Waals surface area contributed by atoms with E-state index < -0.39 is 29.5 Å². The van der Waals surface area contributed by atoms with E-state index in [9.17, 15) is 18.0 Å². The summed E-state index contributed by atoms with van der Waals surface area (Å²) in [6, 6.07) is -1.91. The lowest BCUT2D eigenvalue weighted by Crippen LogP contribution is -2.47. The van der Waals surface area contributed by atoms with Gasteiger partial charge in [-0.15, -0.1) is 0 Å². The van der Waals surface area contributed by atoms with E-state index in [1.807, 2.05) is 5.32 Å². The predicted octanol–water partition coefficient (Wildman–Crippen LogP) is 2.71. The van der Waals surface area contributed by atoms with Crippen molar-refractivity contribution < 1.29 is 22.7 Å². The average Bonchev–Trinajstić information content (AvgIpc) is 2.87. The zero-order valence-electron chi connectivity index (χ0n) is 11.4. The van der Waals surface area contributed by atoms with Crippen LogP contribution in [-0.2, 0) is 4.74 Å². The summed E-state index contributed by atoms with van der Waals surface area (Å²) in [6.07, 6.45) is -4.06. The van der Waals surface area contributed by atoms with E-state index in [0.717, 1.165) is 12.8 Å². The Bertz CT molecular complexity index is 333. The minimum atomic E-state index is -4.50. The second kappa shape index (κ2) is 5.19. The van der Waals surface area contributed by atoms with E-state index in [1.54, 1.807) is 20.8 Å². The molecule has 1 amide bonds. The highest BCUT2D eigenvalue weighted by Gasteiger charge is 2.45. The van der Waals surface area contributed by atoms with Gasteiger partial charge in [0.05, 0.1) is 0 Å². The lowest BCUT2D eigenvalue weighted by molar-refractivity contribution is -0.157. The average molecular weight is 282 g/mol. The van der Waals surface area contributed by atoms with Crippen LogP contribution in [0.15, 0.2) is 0 Å². The summed E-state index contributed by atoms with van der Waals surface area (Å²) in [7, 11) is 0. The largest absolute Gasteiger partial charge is 0.444 e. The number of nitrogens with one attached hydrogen (secondary N) is 1. The number of carbonyl (C=O) groups is 1. The quantitative estimate of drug-likeness (QED) is 0.833. The summed E-state index contributed by atoms with van der Waals surface area (Å²) >= 11 is 0. The smallest absolute Gasteiger partial charge is 0.408 e. The Morgan fingerprint density at radius 1 is 1.37 bits per heavy atom. The monoisotopic (exact) mass is 282 g/mol. The Labute approximate surface area is 110 Å².